The monoisotopic (exact) mass is 716 g/mol. The second kappa shape index (κ2) is 13.9. The summed E-state index contributed by atoms with van der Waals surface area (Å²) >= 11 is 0. The van der Waals surface area contributed by atoms with Crippen molar-refractivity contribution < 1.29 is 22.6 Å². The highest BCUT2D eigenvalue weighted by molar-refractivity contribution is 5.86. The van der Waals surface area contributed by atoms with Gasteiger partial charge in [-0.3, -0.25) is 9.97 Å². The molecule has 0 amide bonds. The first-order valence-corrected chi connectivity index (χ1v) is 16.1. The minimum atomic E-state index is -4.67. The van der Waals surface area contributed by atoms with Crippen molar-refractivity contribution in [2.24, 2.45) is 0 Å². The van der Waals surface area contributed by atoms with Crippen LogP contribution in [0.25, 0.3) is 56.1 Å². The summed E-state index contributed by atoms with van der Waals surface area (Å²) in [6.45, 7) is 1.98. The van der Waals surface area contributed by atoms with Crippen molar-refractivity contribution in [3.63, 3.8) is 0 Å². The summed E-state index contributed by atoms with van der Waals surface area (Å²) < 4.78 is 54.6. The molecule has 0 radical (unpaired) electrons. The van der Waals surface area contributed by atoms with Crippen molar-refractivity contribution in [1.82, 2.24) is 39.2 Å². The minimum Gasteiger partial charge on any atom is -0.497 e. The Morgan fingerprint density at radius 1 is 0.604 bits per heavy atom. The third-order valence-electron chi connectivity index (χ3n) is 8.38. The van der Waals surface area contributed by atoms with Gasteiger partial charge in [0.15, 0.2) is 28.6 Å². The normalized spacial score (nSPS) is 11.4. The van der Waals surface area contributed by atoms with Gasteiger partial charge >= 0.3 is 6.18 Å². The van der Waals surface area contributed by atoms with Crippen LogP contribution >= 0.6 is 0 Å². The average Bonchev–Trinajstić information content (AvgIpc) is 3.68. The van der Waals surface area contributed by atoms with Gasteiger partial charge in [0.05, 0.1) is 36.7 Å². The fourth-order valence-corrected chi connectivity index (χ4v) is 5.83. The van der Waals surface area contributed by atoms with Gasteiger partial charge in [0.2, 0.25) is 0 Å². The molecule has 6 aromatic heterocycles. The highest BCUT2D eigenvalue weighted by Crippen LogP contribution is 2.39. The molecule has 0 aliphatic heterocycles. The lowest BCUT2D eigenvalue weighted by molar-refractivity contribution is -0.140. The maximum atomic E-state index is 13.8. The minimum absolute atomic E-state index is 0.0132. The number of ether oxygens (including phenoxy) is 2. The molecule has 0 aliphatic carbocycles. The molecule has 15 heteroatoms. The molecule has 0 aliphatic rings. The zero-order valence-electron chi connectivity index (χ0n) is 28.6. The van der Waals surface area contributed by atoms with Gasteiger partial charge < -0.3 is 20.9 Å². The van der Waals surface area contributed by atoms with Crippen LogP contribution in [0.2, 0.25) is 0 Å². The van der Waals surface area contributed by atoms with E-state index in [0.29, 0.717) is 28.5 Å². The van der Waals surface area contributed by atoms with Crippen LogP contribution in [-0.4, -0.2) is 53.4 Å². The number of nitrogen functional groups attached to an aromatic ring is 2. The number of nitrogens with zero attached hydrogens (tertiary/aromatic N) is 8. The number of anilines is 2. The number of aromatic nitrogens is 8. The van der Waals surface area contributed by atoms with E-state index >= 15 is 0 Å². The average molecular weight is 717 g/mol. The van der Waals surface area contributed by atoms with E-state index in [1.165, 1.54) is 36.2 Å². The summed E-state index contributed by atoms with van der Waals surface area (Å²) in [7, 11) is 3.13. The van der Waals surface area contributed by atoms with E-state index < -0.39 is 11.9 Å². The molecule has 8 rings (SSSR count). The Morgan fingerprint density at radius 3 is 1.49 bits per heavy atom. The maximum absolute atomic E-state index is 13.8. The molecule has 2 aromatic carbocycles. The van der Waals surface area contributed by atoms with Crippen LogP contribution in [0.4, 0.5) is 24.8 Å². The van der Waals surface area contributed by atoms with Crippen molar-refractivity contribution in [2.75, 3.05) is 25.7 Å². The highest BCUT2D eigenvalue weighted by atomic mass is 19.4. The number of aryl methyl sites for hydroxylation is 1. The molecule has 0 unspecified atom stereocenters. The molecule has 6 heterocycles. The predicted octanol–water partition coefficient (Wildman–Crippen LogP) is 7.43. The van der Waals surface area contributed by atoms with Gasteiger partial charge in [0.1, 0.15) is 11.5 Å². The van der Waals surface area contributed by atoms with Crippen molar-refractivity contribution in [3.05, 3.63) is 121 Å². The molecule has 53 heavy (non-hydrogen) atoms. The Bertz CT molecular complexity index is 2540. The molecule has 0 saturated carbocycles. The van der Waals surface area contributed by atoms with E-state index in [1.54, 1.807) is 48.2 Å². The number of pyridine rings is 2. The van der Waals surface area contributed by atoms with E-state index in [4.69, 9.17) is 25.9 Å². The lowest BCUT2D eigenvalue weighted by atomic mass is 10.0. The lowest BCUT2D eigenvalue weighted by Crippen LogP contribution is -2.12. The van der Waals surface area contributed by atoms with Crippen LogP contribution in [0, 0.1) is 6.92 Å². The molecule has 266 valence electrons. The Labute approximate surface area is 300 Å². The van der Waals surface area contributed by atoms with Gasteiger partial charge in [-0.2, -0.15) is 13.2 Å². The summed E-state index contributed by atoms with van der Waals surface area (Å²) in [6, 6.07) is 24.8. The number of nitrogens with two attached hydrogens (primary N) is 2. The molecule has 0 spiro atoms. The predicted molar refractivity (Wildman–Crippen MR) is 195 cm³/mol. The first kappa shape index (κ1) is 34.4. The van der Waals surface area contributed by atoms with E-state index in [2.05, 4.69) is 25.1 Å². The summed E-state index contributed by atoms with van der Waals surface area (Å²) in [4.78, 5) is 17.2. The number of fused-ring (bicyclic) bond motifs is 2. The molecular weight excluding hydrogens is 685 g/mol. The molecular formula is C38H31F3N10O2. The summed E-state index contributed by atoms with van der Waals surface area (Å²) in [6.07, 6.45) is 1.81. The van der Waals surface area contributed by atoms with Crippen molar-refractivity contribution in [1.29, 1.82) is 0 Å². The largest absolute Gasteiger partial charge is 0.497 e. The van der Waals surface area contributed by atoms with Gasteiger partial charge in [0, 0.05) is 41.6 Å². The topological polar surface area (TPSA) is 157 Å². The van der Waals surface area contributed by atoms with Gasteiger partial charge in [-0.15, -0.1) is 10.2 Å². The number of hydrogen-bond donors (Lipinski definition) is 2. The Morgan fingerprint density at radius 2 is 1.06 bits per heavy atom. The van der Waals surface area contributed by atoms with Crippen LogP contribution in [0.5, 0.6) is 11.5 Å². The summed E-state index contributed by atoms with van der Waals surface area (Å²) in [5.74, 6) is 1.81. The smallest absolute Gasteiger partial charge is 0.434 e. The molecule has 0 bridgehead atoms. The van der Waals surface area contributed by atoms with Gasteiger partial charge in [-0.05, 0) is 66.6 Å². The SMILES string of the molecule is COc1ccc(-c2cn3nc(N)c(-c4ccccn4)c3nc2C(F)(F)F)cc1.COc1ccc(-c2cn3nc(N)c(-c4ccccn4)c3nc2C)cc1. The molecule has 0 atom stereocenters. The second-order valence-electron chi connectivity index (χ2n) is 11.7. The van der Waals surface area contributed by atoms with Gasteiger partial charge in [-0.25, -0.2) is 19.0 Å². The first-order valence-electron chi connectivity index (χ1n) is 16.1. The van der Waals surface area contributed by atoms with Gasteiger partial charge in [0.25, 0.3) is 0 Å². The Kier molecular flexibility index (Phi) is 9.05. The number of benzene rings is 2. The number of rotatable bonds is 6. The Hall–Kier alpha value is -7.03. The van der Waals surface area contributed by atoms with Crippen LogP contribution in [0.15, 0.2) is 110 Å². The number of halogens is 3. The molecule has 8 aromatic rings. The number of methoxy groups -OCH3 is 2. The third-order valence-corrected chi connectivity index (χ3v) is 8.38. The molecule has 12 nitrogen and oxygen atoms in total. The zero-order valence-corrected chi connectivity index (χ0v) is 28.6. The highest BCUT2D eigenvalue weighted by Gasteiger charge is 2.37. The fourth-order valence-electron chi connectivity index (χ4n) is 5.83. The van der Waals surface area contributed by atoms with Gasteiger partial charge in [-0.1, -0.05) is 36.4 Å². The van der Waals surface area contributed by atoms with Crippen LogP contribution < -0.4 is 20.9 Å². The number of alkyl halides is 3. The Balaban J connectivity index is 0.000000165. The van der Waals surface area contributed by atoms with Crippen molar-refractivity contribution in [2.45, 2.75) is 13.1 Å². The second-order valence-corrected chi connectivity index (χ2v) is 11.7. The van der Waals surface area contributed by atoms with E-state index in [0.717, 1.165) is 33.8 Å². The van der Waals surface area contributed by atoms with E-state index in [-0.39, 0.29) is 22.6 Å². The first-order chi connectivity index (χ1) is 25.5. The zero-order chi connectivity index (χ0) is 37.3. The maximum Gasteiger partial charge on any atom is 0.434 e. The van der Waals surface area contributed by atoms with E-state index in [1.807, 2.05) is 55.6 Å². The summed E-state index contributed by atoms with van der Waals surface area (Å²) in [5, 5.41) is 8.55. The summed E-state index contributed by atoms with van der Waals surface area (Å²) in [5.41, 5.74) is 17.1. The molecule has 4 N–H and O–H groups in total. The molecule has 0 fully saturated rings. The van der Waals surface area contributed by atoms with Crippen molar-refractivity contribution >= 4 is 22.9 Å². The standard InChI is InChI=1S/C19H14F3N5O.C19H17N5O/c1-28-12-7-5-11(6-8-12)13-10-27-18(25-16(13)19(20,21)22)15(17(23)26-27)14-4-2-3-9-24-14;1-12-15(13-6-8-14(25-2)9-7-13)11-24-19(22-12)17(18(20)23-24)16-5-3-4-10-21-16/h2-10H,1H3,(H2,23,26);3-11H,1-2H3,(H2,20,23). The number of hydrogen-bond acceptors (Lipinski definition) is 10. The fraction of sp³-hybridized carbons (Fsp3) is 0.105. The van der Waals surface area contributed by atoms with Crippen LogP contribution in [-0.2, 0) is 6.18 Å². The quantitative estimate of drug-likeness (QED) is 0.177. The third kappa shape index (κ3) is 6.74. The molecule has 0 saturated heterocycles. The lowest BCUT2D eigenvalue weighted by Gasteiger charge is -2.13. The van der Waals surface area contributed by atoms with Crippen LogP contribution in [0.3, 0.4) is 0 Å². The van der Waals surface area contributed by atoms with E-state index in [9.17, 15) is 13.2 Å². The van der Waals surface area contributed by atoms with Crippen molar-refractivity contribution in [3.8, 4) is 56.3 Å². The van der Waals surface area contributed by atoms with Crippen LogP contribution in [0.1, 0.15) is 11.4 Å².